The van der Waals surface area contributed by atoms with Crippen LogP contribution in [0.5, 0.6) is 0 Å². The van der Waals surface area contributed by atoms with E-state index < -0.39 is 0 Å². The van der Waals surface area contributed by atoms with E-state index >= 15 is 0 Å². The number of carbonyl (C=O) groups excluding carboxylic acids is 1. The Morgan fingerprint density at radius 3 is 2.70 bits per heavy atom. The molecule has 1 aromatic carbocycles. The summed E-state index contributed by atoms with van der Waals surface area (Å²) in [6.45, 7) is 7.76. The van der Waals surface area contributed by atoms with Crippen molar-refractivity contribution < 1.29 is 14.1 Å². The minimum atomic E-state index is -0.105. The number of hydrogen-bond donors (Lipinski definition) is 0. The number of esters is 1. The fraction of sp³-hybridized carbons (Fsp3) is 0.655. The van der Waals surface area contributed by atoms with Crippen molar-refractivity contribution in [2.75, 3.05) is 0 Å². The molecule has 0 unspecified atom stereocenters. The molecule has 176 valence electrons. The van der Waals surface area contributed by atoms with Gasteiger partial charge in [-0.05, 0) is 74.0 Å². The minimum absolute atomic E-state index is 0.105. The average molecular weight is 465 g/mol. The van der Waals surface area contributed by atoms with Crippen LogP contribution in [0, 0.1) is 29.1 Å². The highest BCUT2D eigenvalue weighted by Crippen LogP contribution is 2.65. The van der Waals surface area contributed by atoms with Crippen molar-refractivity contribution in [2.24, 2.45) is 29.1 Å². The van der Waals surface area contributed by atoms with Crippen molar-refractivity contribution in [3.63, 3.8) is 0 Å². The molecule has 3 saturated carbocycles. The molecule has 3 fully saturated rings. The number of nitrogens with zero attached hydrogens (tertiary/aromatic N) is 1. The van der Waals surface area contributed by atoms with Crippen LogP contribution in [0.4, 0.5) is 0 Å². The summed E-state index contributed by atoms with van der Waals surface area (Å²) >= 11 is 2.02. The van der Waals surface area contributed by atoms with Gasteiger partial charge in [-0.25, -0.2) is 0 Å². The summed E-state index contributed by atoms with van der Waals surface area (Å²) in [7, 11) is 0. The van der Waals surface area contributed by atoms with Gasteiger partial charge in [0.25, 0.3) is 0 Å². The first-order valence-electron chi connectivity index (χ1n) is 13.1. The third-order valence-electron chi connectivity index (χ3n) is 10.4. The first kappa shape index (κ1) is 21.8. The van der Waals surface area contributed by atoms with Crippen LogP contribution in [-0.4, -0.2) is 12.1 Å². The molecule has 4 aliphatic rings. The molecule has 0 saturated heterocycles. The number of carbonyl (C=O) groups is 1. The summed E-state index contributed by atoms with van der Waals surface area (Å²) in [6, 6.07) is 10.9. The van der Waals surface area contributed by atoms with E-state index in [-0.39, 0.29) is 12.1 Å². The molecule has 7 atom stereocenters. The summed E-state index contributed by atoms with van der Waals surface area (Å²) in [6.07, 6.45) is 10.2. The number of hydrogen-bond acceptors (Lipinski definition) is 3. The van der Waals surface area contributed by atoms with E-state index in [1.807, 2.05) is 11.3 Å². The van der Waals surface area contributed by atoms with Crippen molar-refractivity contribution in [1.82, 2.24) is 0 Å². The average Bonchev–Trinajstić information content (AvgIpc) is 3.32. The Kier molecular flexibility index (Phi) is 5.25. The Labute approximate surface area is 202 Å². The zero-order valence-corrected chi connectivity index (χ0v) is 21.2. The second kappa shape index (κ2) is 7.93. The summed E-state index contributed by atoms with van der Waals surface area (Å²) < 4.78 is 8.22. The summed E-state index contributed by atoms with van der Waals surface area (Å²) in [5.41, 5.74) is 6.21. The highest BCUT2D eigenvalue weighted by atomic mass is 32.1. The van der Waals surface area contributed by atoms with Gasteiger partial charge < -0.3 is 4.74 Å². The SMILES string of the molecule is CC(=O)O[C@H]1CC[C@@]2(C)[C@@H](CC[C@@H]3[C@@H]2CC[C@]2(C)c4sc[n+](Cc5ccccc5)c4C[C@@H]32)C1. The van der Waals surface area contributed by atoms with Gasteiger partial charge in [0, 0.05) is 24.3 Å². The van der Waals surface area contributed by atoms with Gasteiger partial charge in [-0.1, -0.05) is 55.5 Å². The maximum Gasteiger partial charge on any atom is 0.302 e. The van der Waals surface area contributed by atoms with Gasteiger partial charge in [0.05, 0.1) is 4.88 Å². The van der Waals surface area contributed by atoms with Crippen molar-refractivity contribution in [1.29, 1.82) is 0 Å². The Morgan fingerprint density at radius 1 is 1.09 bits per heavy atom. The second-order valence-electron chi connectivity index (χ2n) is 11.9. The monoisotopic (exact) mass is 464 g/mol. The van der Waals surface area contributed by atoms with Gasteiger partial charge in [-0.15, -0.1) is 0 Å². The topological polar surface area (TPSA) is 30.2 Å². The zero-order chi connectivity index (χ0) is 22.8. The van der Waals surface area contributed by atoms with Gasteiger partial charge in [-0.2, -0.15) is 4.57 Å². The standard InChI is InChI=1S/C29H38NO2S/c1-19(31)32-22-11-13-28(2)21(15-22)9-10-23-24(28)12-14-29(3)25(23)16-26-27(29)33-18-30(26)17-20-7-5-4-6-8-20/h4-8,18,21-25H,9-17H2,1-3H3/q+1/t21-,22-,23+,24-,25-,28-,29-/m0/s1. The fourth-order valence-electron chi connectivity index (χ4n) is 8.71. The third kappa shape index (κ3) is 3.42. The number of rotatable bonds is 3. The van der Waals surface area contributed by atoms with Crippen LogP contribution in [0.15, 0.2) is 35.8 Å². The molecule has 0 amide bonds. The highest BCUT2D eigenvalue weighted by molar-refractivity contribution is 7.09. The molecule has 0 radical (unpaired) electrons. The molecule has 0 bridgehead atoms. The predicted molar refractivity (Wildman–Crippen MR) is 131 cm³/mol. The van der Waals surface area contributed by atoms with Crippen LogP contribution in [0.25, 0.3) is 0 Å². The molecule has 6 rings (SSSR count). The lowest BCUT2D eigenvalue weighted by Gasteiger charge is -2.60. The van der Waals surface area contributed by atoms with Crippen molar-refractivity contribution in [3.05, 3.63) is 52.0 Å². The van der Waals surface area contributed by atoms with Gasteiger partial charge >= 0.3 is 5.97 Å². The second-order valence-corrected chi connectivity index (χ2v) is 12.8. The Morgan fingerprint density at radius 2 is 1.91 bits per heavy atom. The Hall–Kier alpha value is -1.68. The number of fused-ring (bicyclic) bond motifs is 7. The normalized spacial score (nSPS) is 39.2. The lowest BCUT2D eigenvalue weighted by molar-refractivity contribution is -0.690. The number of ether oxygens (including phenoxy) is 1. The molecule has 0 aliphatic heterocycles. The van der Waals surface area contributed by atoms with Crippen molar-refractivity contribution in [3.8, 4) is 0 Å². The van der Waals surface area contributed by atoms with E-state index in [4.69, 9.17) is 4.74 Å². The highest BCUT2D eigenvalue weighted by Gasteiger charge is 2.61. The van der Waals surface area contributed by atoms with E-state index in [1.165, 1.54) is 44.1 Å². The van der Waals surface area contributed by atoms with Crippen LogP contribution in [-0.2, 0) is 27.9 Å². The Balaban J connectivity index is 1.24. The van der Waals surface area contributed by atoms with Gasteiger partial charge in [0.1, 0.15) is 6.10 Å². The van der Waals surface area contributed by atoms with Crippen LogP contribution in [0.1, 0.15) is 81.9 Å². The Bertz CT molecular complexity index is 1050. The quantitative estimate of drug-likeness (QED) is 0.407. The van der Waals surface area contributed by atoms with Crippen molar-refractivity contribution >= 4 is 17.3 Å². The van der Waals surface area contributed by atoms with Gasteiger partial charge in [0.15, 0.2) is 12.2 Å². The predicted octanol–water partition coefficient (Wildman–Crippen LogP) is 6.07. The molecule has 33 heavy (non-hydrogen) atoms. The van der Waals surface area contributed by atoms with Crippen LogP contribution >= 0.6 is 11.3 Å². The number of benzene rings is 1. The van der Waals surface area contributed by atoms with Crippen LogP contribution in [0.2, 0.25) is 0 Å². The number of thiazole rings is 1. The van der Waals surface area contributed by atoms with E-state index in [1.54, 1.807) is 17.5 Å². The fourth-order valence-corrected chi connectivity index (χ4v) is 10.0. The maximum atomic E-state index is 11.5. The van der Waals surface area contributed by atoms with Crippen LogP contribution in [0.3, 0.4) is 0 Å². The van der Waals surface area contributed by atoms with Crippen LogP contribution < -0.4 is 4.57 Å². The molecule has 3 nitrogen and oxygen atoms in total. The molecule has 4 aliphatic carbocycles. The van der Waals surface area contributed by atoms with E-state index in [0.29, 0.717) is 10.8 Å². The first-order valence-corrected chi connectivity index (χ1v) is 14.0. The molecule has 4 heteroatoms. The minimum Gasteiger partial charge on any atom is -0.463 e. The van der Waals surface area contributed by atoms with E-state index in [9.17, 15) is 4.79 Å². The maximum absolute atomic E-state index is 11.5. The molecule has 0 N–H and O–H groups in total. The van der Waals surface area contributed by atoms with E-state index in [0.717, 1.165) is 43.1 Å². The largest absolute Gasteiger partial charge is 0.463 e. The smallest absolute Gasteiger partial charge is 0.302 e. The first-order chi connectivity index (χ1) is 15.9. The molecule has 1 aromatic heterocycles. The molecular formula is C29H38NO2S+. The molecule has 2 aromatic rings. The van der Waals surface area contributed by atoms with Gasteiger partial charge in [-0.3, -0.25) is 4.79 Å². The summed E-state index contributed by atoms with van der Waals surface area (Å²) in [5.74, 6) is 3.10. The van der Waals surface area contributed by atoms with Gasteiger partial charge in [0.2, 0.25) is 5.51 Å². The van der Waals surface area contributed by atoms with Crippen molar-refractivity contribution in [2.45, 2.75) is 90.2 Å². The lowest BCUT2D eigenvalue weighted by Crippen LogP contribution is -2.54. The van der Waals surface area contributed by atoms with E-state index in [2.05, 4.69) is 54.3 Å². The molecule has 1 heterocycles. The summed E-state index contributed by atoms with van der Waals surface area (Å²) in [5, 5.41) is 0. The molecule has 0 spiro atoms. The zero-order valence-electron chi connectivity index (χ0n) is 20.4. The molecular weight excluding hydrogens is 426 g/mol. The number of aromatic nitrogens is 1. The summed E-state index contributed by atoms with van der Waals surface area (Å²) in [4.78, 5) is 13.2. The third-order valence-corrected chi connectivity index (χ3v) is 11.7. The lowest BCUT2D eigenvalue weighted by atomic mass is 9.45.